The largest absolute Gasteiger partial charge is 0.439 e. The van der Waals surface area contributed by atoms with Crippen molar-refractivity contribution in [1.29, 1.82) is 0 Å². The SMILES string of the molecule is Cc1nc2cc([N+](=O)[O-])cc(Cl)c2o1. The Kier molecular flexibility index (Phi) is 1.89. The van der Waals surface area contributed by atoms with Gasteiger partial charge in [-0.1, -0.05) is 11.6 Å². The minimum absolute atomic E-state index is 0.0872. The molecule has 14 heavy (non-hydrogen) atoms. The molecule has 1 heterocycles. The second kappa shape index (κ2) is 2.95. The van der Waals surface area contributed by atoms with Gasteiger partial charge in [0.15, 0.2) is 11.5 Å². The molecular weight excluding hydrogens is 208 g/mol. The molecule has 2 rings (SSSR count). The van der Waals surface area contributed by atoms with Crippen LogP contribution in [0.1, 0.15) is 5.89 Å². The zero-order valence-corrected chi connectivity index (χ0v) is 7.91. The van der Waals surface area contributed by atoms with Gasteiger partial charge in [-0.25, -0.2) is 4.98 Å². The Morgan fingerprint density at radius 1 is 1.57 bits per heavy atom. The first-order valence-corrected chi connectivity index (χ1v) is 4.17. The maximum atomic E-state index is 10.5. The van der Waals surface area contributed by atoms with Gasteiger partial charge >= 0.3 is 0 Å². The number of fused-ring (bicyclic) bond motifs is 1. The van der Waals surface area contributed by atoms with Crippen LogP contribution in [-0.2, 0) is 0 Å². The van der Waals surface area contributed by atoms with Crippen LogP contribution in [0.4, 0.5) is 5.69 Å². The van der Waals surface area contributed by atoms with Crippen LogP contribution in [-0.4, -0.2) is 9.91 Å². The molecule has 0 aliphatic carbocycles. The highest BCUT2D eigenvalue weighted by Gasteiger charge is 2.14. The molecule has 0 bridgehead atoms. The second-order valence-electron chi connectivity index (χ2n) is 2.77. The maximum absolute atomic E-state index is 10.5. The van der Waals surface area contributed by atoms with Gasteiger partial charge in [0.25, 0.3) is 5.69 Å². The van der Waals surface area contributed by atoms with Gasteiger partial charge in [-0.05, 0) is 0 Å². The van der Waals surface area contributed by atoms with Gasteiger partial charge in [-0.3, -0.25) is 10.1 Å². The van der Waals surface area contributed by atoms with E-state index >= 15 is 0 Å². The summed E-state index contributed by atoms with van der Waals surface area (Å²) in [6, 6.07) is 2.58. The first-order valence-electron chi connectivity index (χ1n) is 3.79. The van der Waals surface area contributed by atoms with Gasteiger partial charge in [0.2, 0.25) is 0 Å². The summed E-state index contributed by atoms with van der Waals surface area (Å²) in [5.41, 5.74) is 0.701. The quantitative estimate of drug-likeness (QED) is 0.538. The van der Waals surface area contributed by atoms with Crippen LogP contribution in [0.25, 0.3) is 11.1 Å². The molecule has 2 aromatic rings. The van der Waals surface area contributed by atoms with E-state index in [0.29, 0.717) is 17.0 Å². The predicted octanol–water partition coefficient (Wildman–Crippen LogP) is 2.70. The standard InChI is InChI=1S/C8H5ClN2O3/c1-4-10-7-3-5(11(12)13)2-6(9)8(7)14-4/h2-3H,1H3. The van der Waals surface area contributed by atoms with Crippen molar-refractivity contribution in [2.75, 3.05) is 0 Å². The number of benzene rings is 1. The van der Waals surface area contributed by atoms with Gasteiger partial charge in [0.1, 0.15) is 5.52 Å². The topological polar surface area (TPSA) is 69.2 Å². The van der Waals surface area contributed by atoms with Crippen LogP contribution < -0.4 is 0 Å². The van der Waals surface area contributed by atoms with Crippen LogP contribution in [0.3, 0.4) is 0 Å². The molecule has 0 saturated heterocycles. The van der Waals surface area contributed by atoms with E-state index in [1.807, 2.05) is 0 Å². The summed E-state index contributed by atoms with van der Waals surface area (Å²) in [7, 11) is 0. The van der Waals surface area contributed by atoms with Crippen molar-refractivity contribution in [1.82, 2.24) is 4.98 Å². The van der Waals surface area contributed by atoms with Gasteiger partial charge < -0.3 is 4.42 Å². The molecule has 0 unspecified atom stereocenters. The number of hydrogen-bond acceptors (Lipinski definition) is 4. The number of nitro benzene ring substituents is 1. The predicted molar refractivity (Wildman–Crippen MR) is 50.4 cm³/mol. The van der Waals surface area contributed by atoms with Crippen molar-refractivity contribution in [2.24, 2.45) is 0 Å². The summed E-state index contributed by atoms with van der Waals surface area (Å²) in [6.45, 7) is 1.65. The second-order valence-corrected chi connectivity index (χ2v) is 3.17. The van der Waals surface area contributed by atoms with E-state index in [2.05, 4.69) is 4.98 Å². The highest BCUT2D eigenvalue weighted by Crippen LogP contribution is 2.29. The fraction of sp³-hybridized carbons (Fsp3) is 0.125. The third-order valence-electron chi connectivity index (χ3n) is 1.75. The van der Waals surface area contributed by atoms with Crippen molar-refractivity contribution in [3.8, 4) is 0 Å². The molecule has 6 heteroatoms. The lowest BCUT2D eigenvalue weighted by Crippen LogP contribution is -1.87. The lowest BCUT2D eigenvalue weighted by Gasteiger charge is -1.92. The maximum Gasteiger partial charge on any atom is 0.273 e. The number of aromatic nitrogens is 1. The first-order chi connectivity index (χ1) is 6.58. The number of nitrogens with zero attached hydrogens (tertiary/aromatic N) is 2. The van der Waals surface area contributed by atoms with Crippen molar-refractivity contribution in [3.05, 3.63) is 33.2 Å². The van der Waals surface area contributed by atoms with Crippen molar-refractivity contribution >= 4 is 28.4 Å². The Balaban J connectivity index is 2.77. The molecule has 0 fully saturated rings. The zero-order chi connectivity index (χ0) is 10.3. The molecule has 5 nitrogen and oxygen atoms in total. The van der Waals surface area contributed by atoms with Gasteiger partial charge in [-0.15, -0.1) is 0 Å². The summed E-state index contributed by atoms with van der Waals surface area (Å²) in [5.74, 6) is 0.433. The molecule has 1 aromatic heterocycles. The Labute approximate surface area is 83.4 Å². The summed E-state index contributed by atoms with van der Waals surface area (Å²) in [4.78, 5) is 13.9. The number of halogens is 1. The number of hydrogen-bond donors (Lipinski definition) is 0. The van der Waals surface area contributed by atoms with Gasteiger partial charge in [-0.2, -0.15) is 0 Å². The first kappa shape index (κ1) is 8.96. The molecule has 72 valence electrons. The third-order valence-corrected chi connectivity index (χ3v) is 2.03. The number of rotatable bonds is 1. The number of oxazole rings is 1. The molecule has 1 aromatic carbocycles. The summed E-state index contributed by atoms with van der Waals surface area (Å²) in [6.07, 6.45) is 0. The van der Waals surface area contributed by atoms with Crippen LogP contribution >= 0.6 is 11.6 Å². The monoisotopic (exact) mass is 212 g/mol. The van der Waals surface area contributed by atoms with Crippen molar-refractivity contribution in [2.45, 2.75) is 6.92 Å². The Morgan fingerprint density at radius 2 is 2.29 bits per heavy atom. The van der Waals surface area contributed by atoms with E-state index in [0.717, 1.165) is 0 Å². The van der Waals surface area contributed by atoms with E-state index in [9.17, 15) is 10.1 Å². The minimum atomic E-state index is -0.519. The van der Waals surface area contributed by atoms with E-state index in [1.54, 1.807) is 6.92 Å². The summed E-state index contributed by atoms with van der Waals surface area (Å²) < 4.78 is 5.17. The Hall–Kier alpha value is -1.62. The molecule has 0 amide bonds. The lowest BCUT2D eigenvalue weighted by molar-refractivity contribution is -0.384. The molecule has 0 N–H and O–H groups in total. The molecule has 0 saturated carbocycles. The summed E-state index contributed by atoms with van der Waals surface area (Å²) in [5, 5.41) is 10.7. The number of non-ortho nitro benzene ring substituents is 1. The van der Waals surface area contributed by atoms with Crippen LogP contribution in [0, 0.1) is 17.0 Å². The summed E-state index contributed by atoms with van der Waals surface area (Å²) >= 11 is 5.78. The fourth-order valence-corrected chi connectivity index (χ4v) is 1.44. The van der Waals surface area contributed by atoms with Crippen molar-refractivity contribution < 1.29 is 9.34 Å². The van der Waals surface area contributed by atoms with Crippen LogP contribution in [0.2, 0.25) is 5.02 Å². The highest BCUT2D eigenvalue weighted by molar-refractivity contribution is 6.34. The Morgan fingerprint density at radius 3 is 2.93 bits per heavy atom. The lowest BCUT2D eigenvalue weighted by atomic mass is 10.3. The van der Waals surface area contributed by atoms with E-state index in [1.165, 1.54) is 12.1 Å². The van der Waals surface area contributed by atoms with E-state index in [-0.39, 0.29) is 10.7 Å². The smallest absolute Gasteiger partial charge is 0.273 e. The third kappa shape index (κ3) is 1.31. The zero-order valence-electron chi connectivity index (χ0n) is 7.15. The van der Waals surface area contributed by atoms with Crippen molar-refractivity contribution in [3.63, 3.8) is 0 Å². The van der Waals surface area contributed by atoms with E-state index < -0.39 is 4.92 Å². The van der Waals surface area contributed by atoms with Gasteiger partial charge in [0, 0.05) is 19.1 Å². The molecule has 0 aliphatic rings. The Bertz CT molecular complexity index is 521. The van der Waals surface area contributed by atoms with E-state index in [4.69, 9.17) is 16.0 Å². The molecular formula is C8H5ClN2O3. The molecule has 0 spiro atoms. The number of nitro groups is 1. The molecule has 0 aliphatic heterocycles. The van der Waals surface area contributed by atoms with Crippen LogP contribution in [0.15, 0.2) is 16.5 Å². The molecule has 0 atom stereocenters. The minimum Gasteiger partial charge on any atom is -0.439 e. The average Bonchev–Trinajstić information content (AvgIpc) is 2.45. The number of aryl methyl sites for hydroxylation is 1. The highest BCUT2D eigenvalue weighted by atomic mass is 35.5. The molecule has 0 radical (unpaired) electrons. The average molecular weight is 213 g/mol. The fourth-order valence-electron chi connectivity index (χ4n) is 1.19. The normalized spacial score (nSPS) is 10.7. The van der Waals surface area contributed by atoms with Gasteiger partial charge in [0.05, 0.1) is 9.95 Å². The van der Waals surface area contributed by atoms with Crippen LogP contribution in [0.5, 0.6) is 0 Å².